The van der Waals surface area contributed by atoms with Gasteiger partial charge in [-0.3, -0.25) is 4.79 Å². The lowest BCUT2D eigenvalue weighted by Gasteiger charge is -2.38. The Balaban J connectivity index is 1.51. The maximum absolute atomic E-state index is 12.8. The lowest BCUT2D eigenvalue weighted by molar-refractivity contribution is -0.148. The van der Waals surface area contributed by atoms with E-state index in [9.17, 15) is 4.79 Å². The van der Waals surface area contributed by atoms with E-state index in [0.29, 0.717) is 37.3 Å². The molecule has 6 nitrogen and oxygen atoms in total. The predicted octanol–water partition coefficient (Wildman–Crippen LogP) is 2.82. The molecular formula is C17H25N3O3. The molecule has 0 radical (unpaired) electrons. The zero-order chi connectivity index (χ0) is 15.8. The first-order chi connectivity index (χ1) is 11.2. The van der Waals surface area contributed by atoms with Gasteiger partial charge in [-0.15, -0.1) is 0 Å². The van der Waals surface area contributed by atoms with Crippen LogP contribution in [0.2, 0.25) is 0 Å². The monoisotopic (exact) mass is 319 g/mol. The SMILES string of the molecule is C[C@H]1OCCN(C(=O)CC2CCCC2)[C@@H]1c1nc(C2CC2)no1. The van der Waals surface area contributed by atoms with Gasteiger partial charge in [0, 0.05) is 18.9 Å². The minimum atomic E-state index is -0.238. The van der Waals surface area contributed by atoms with Gasteiger partial charge in [0.2, 0.25) is 5.91 Å². The number of hydrogen-bond acceptors (Lipinski definition) is 5. The second kappa shape index (κ2) is 6.23. The van der Waals surface area contributed by atoms with Crippen LogP contribution in [-0.2, 0) is 9.53 Å². The lowest BCUT2D eigenvalue weighted by Crippen LogP contribution is -2.47. The van der Waals surface area contributed by atoms with Gasteiger partial charge >= 0.3 is 0 Å². The van der Waals surface area contributed by atoms with Crippen molar-refractivity contribution in [1.29, 1.82) is 0 Å². The van der Waals surface area contributed by atoms with E-state index in [1.807, 2.05) is 11.8 Å². The van der Waals surface area contributed by atoms with Crippen molar-refractivity contribution >= 4 is 5.91 Å². The van der Waals surface area contributed by atoms with Crippen molar-refractivity contribution in [3.8, 4) is 0 Å². The average molecular weight is 319 g/mol. The summed E-state index contributed by atoms with van der Waals surface area (Å²) in [5, 5.41) is 4.11. The van der Waals surface area contributed by atoms with Crippen LogP contribution in [0.4, 0.5) is 0 Å². The Hall–Kier alpha value is -1.43. The highest BCUT2D eigenvalue weighted by molar-refractivity contribution is 5.77. The molecule has 2 aliphatic carbocycles. The smallest absolute Gasteiger partial charge is 0.252 e. The summed E-state index contributed by atoms with van der Waals surface area (Å²) in [7, 11) is 0. The van der Waals surface area contributed by atoms with E-state index in [1.165, 1.54) is 25.7 Å². The summed E-state index contributed by atoms with van der Waals surface area (Å²) in [6, 6.07) is -0.238. The quantitative estimate of drug-likeness (QED) is 0.853. The second-order valence-corrected chi connectivity index (χ2v) is 7.23. The molecule has 1 aliphatic heterocycles. The number of nitrogens with zero attached hydrogens (tertiary/aromatic N) is 3. The number of morpholine rings is 1. The Kier molecular flexibility index (Phi) is 4.09. The molecule has 0 bridgehead atoms. The first-order valence-corrected chi connectivity index (χ1v) is 8.97. The van der Waals surface area contributed by atoms with E-state index in [1.54, 1.807) is 0 Å². The molecule has 1 amide bonds. The predicted molar refractivity (Wildman–Crippen MR) is 82.7 cm³/mol. The molecule has 3 fully saturated rings. The van der Waals surface area contributed by atoms with Crippen LogP contribution in [0.5, 0.6) is 0 Å². The van der Waals surface area contributed by atoms with Crippen LogP contribution in [0.15, 0.2) is 4.52 Å². The van der Waals surface area contributed by atoms with E-state index in [2.05, 4.69) is 10.1 Å². The third kappa shape index (κ3) is 3.13. The molecule has 0 spiro atoms. The Bertz CT molecular complexity index is 563. The zero-order valence-electron chi connectivity index (χ0n) is 13.7. The molecule has 3 aliphatic rings. The van der Waals surface area contributed by atoms with Crippen molar-refractivity contribution in [1.82, 2.24) is 15.0 Å². The third-order valence-corrected chi connectivity index (χ3v) is 5.40. The van der Waals surface area contributed by atoms with Crippen molar-refractivity contribution in [2.45, 2.75) is 69.9 Å². The van der Waals surface area contributed by atoms with E-state index >= 15 is 0 Å². The number of carbonyl (C=O) groups excluding carboxylic acids is 1. The van der Waals surface area contributed by atoms with Crippen molar-refractivity contribution < 1.29 is 14.1 Å². The molecule has 2 saturated carbocycles. The summed E-state index contributed by atoms with van der Waals surface area (Å²) in [6.07, 6.45) is 7.70. The normalized spacial score (nSPS) is 29.2. The molecule has 0 unspecified atom stereocenters. The van der Waals surface area contributed by atoms with Crippen LogP contribution in [0.3, 0.4) is 0 Å². The maximum Gasteiger partial charge on any atom is 0.252 e. The average Bonchev–Trinajstić information content (AvgIpc) is 3.07. The molecule has 4 rings (SSSR count). The highest BCUT2D eigenvalue weighted by atomic mass is 16.5. The largest absolute Gasteiger partial charge is 0.374 e. The van der Waals surface area contributed by atoms with Gasteiger partial charge in [-0.2, -0.15) is 4.98 Å². The molecule has 2 atom stereocenters. The van der Waals surface area contributed by atoms with Gasteiger partial charge in [-0.25, -0.2) is 0 Å². The standard InChI is InChI=1S/C17H25N3O3/c1-11-15(17-18-16(19-23-17)13-6-7-13)20(8-9-22-11)14(21)10-12-4-2-3-5-12/h11-13,15H,2-10H2,1H3/t11-,15+/m1/s1. The van der Waals surface area contributed by atoms with Crippen molar-refractivity contribution in [3.63, 3.8) is 0 Å². The highest BCUT2D eigenvalue weighted by Gasteiger charge is 2.39. The summed E-state index contributed by atoms with van der Waals surface area (Å²) in [4.78, 5) is 19.3. The van der Waals surface area contributed by atoms with Crippen molar-refractivity contribution in [3.05, 3.63) is 11.7 Å². The molecule has 0 aromatic carbocycles. The van der Waals surface area contributed by atoms with Crippen LogP contribution in [0.1, 0.15) is 75.5 Å². The molecule has 2 heterocycles. The van der Waals surface area contributed by atoms with Gasteiger partial charge in [-0.1, -0.05) is 18.0 Å². The first-order valence-electron chi connectivity index (χ1n) is 8.97. The van der Waals surface area contributed by atoms with Gasteiger partial charge in [0.25, 0.3) is 5.89 Å². The molecular weight excluding hydrogens is 294 g/mol. The van der Waals surface area contributed by atoms with Crippen LogP contribution in [0, 0.1) is 5.92 Å². The zero-order valence-corrected chi connectivity index (χ0v) is 13.7. The number of rotatable bonds is 4. The van der Waals surface area contributed by atoms with Gasteiger partial charge in [0.15, 0.2) is 5.82 Å². The summed E-state index contributed by atoms with van der Waals surface area (Å²) in [5.74, 6) is 2.55. The fraction of sp³-hybridized carbons (Fsp3) is 0.824. The van der Waals surface area contributed by atoms with Gasteiger partial charge in [-0.05, 0) is 38.5 Å². The second-order valence-electron chi connectivity index (χ2n) is 7.23. The van der Waals surface area contributed by atoms with Crippen molar-refractivity contribution in [2.75, 3.05) is 13.2 Å². The first kappa shape index (κ1) is 15.1. The fourth-order valence-electron chi connectivity index (χ4n) is 3.89. The Labute approximate surface area is 136 Å². The van der Waals surface area contributed by atoms with Crippen LogP contribution in [0.25, 0.3) is 0 Å². The van der Waals surface area contributed by atoms with E-state index < -0.39 is 0 Å². The Morgan fingerprint density at radius 3 is 2.78 bits per heavy atom. The number of ether oxygens (including phenoxy) is 1. The molecule has 23 heavy (non-hydrogen) atoms. The van der Waals surface area contributed by atoms with E-state index in [-0.39, 0.29) is 18.1 Å². The molecule has 0 N–H and O–H groups in total. The summed E-state index contributed by atoms with van der Waals surface area (Å²) < 4.78 is 11.3. The van der Waals surface area contributed by atoms with Crippen LogP contribution >= 0.6 is 0 Å². The minimum Gasteiger partial charge on any atom is -0.374 e. The van der Waals surface area contributed by atoms with Crippen molar-refractivity contribution in [2.24, 2.45) is 5.92 Å². The third-order valence-electron chi connectivity index (χ3n) is 5.40. The molecule has 1 aromatic rings. The number of carbonyl (C=O) groups is 1. The summed E-state index contributed by atoms with van der Waals surface area (Å²) >= 11 is 0. The van der Waals surface area contributed by atoms with Gasteiger partial charge in [0.05, 0.1) is 12.7 Å². The van der Waals surface area contributed by atoms with Gasteiger partial charge in [0.1, 0.15) is 6.04 Å². The minimum absolute atomic E-state index is 0.108. The van der Waals surface area contributed by atoms with E-state index in [4.69, 9.17) is 9.26 Å². The molecule has 6 heteroatoms. The van der Waals surface area contributed by atoms with Gasteiger partial charge < -0.3 is 14.2 Å². The number of amides is 1. The maximum atomic E-state index is 12.8. The van der Waals surface area contributed by atoms with E-state index in [0.717, 1.165) is 18.7 Å². The topological polar surface area (TPSA) is 68.5 Å². The summed E-state index contributed by atoms with van der Waals surface area (Å²) in [5.41, 5.74) is 0. The molecule has 126 valence electrons. The van der Waals surface area contributed by atoms with Crippen LogP contribution in [-0.4, -0.2) is 40.2 Å². The van der Waals surface area contributed by atoms with Crippen LogP contribution < -0.4 is 0 Å². The fourth-order valence-corrected chi connectivity index (χ4v) is 3.89. The summed E-state index contributed by atoms with van der Waals surface area (Å²) in [6.45, 7) is 3.18. The number of hydrogen-bond donors (Lipinski definition) is 0. The molecule has 1 saturated heterocycles. The lowest BCUT2D eigenvalue weighted by atomic mass is 10.0. The molecule has 1 aromatic heterocycles. The Morgan fingerprint density at radius 2 is 2.04 bits per heavy atom. The Morgan fingerprint density at radius 1 is 1.26 bits per heavy atom. The number of aromatic nitrogens is 2. The highest BCUT2D eigenvalue weighted by Crippen LogP contribution is 2.39.